The molecule has 1 heterocycles. The van der Waals surface area contributed by atoms with Gasteiger partial charge in [-0.15, -0.1) is 0 Å². The SMILES string of the molecule is O=C(O)[C@@H]1CCN(Cc2ccccc2Br)C1. The van der Waals surface area contributed by atoms with E-state index in [4.69, 9.17) is 5.11 Å². The number of aliphatic carboxylic acids is 1. The van der Waals surface area contributed by atoms with Crippen LogP contribution in [0.4, 0.5) is 0 Å². The second kappa shape index (κ2) is 4.97. The molecule has 1 atom stereocenters. The molecule has 1 aromatic carbocycles. The maximum atomic E-state index is 10.8. The highest BCUT2D eigenvalue weighted by atomic mass is 79.9. The molecule has 3 nitrogen and oxygen atoms in total. The third kappa shape index (κ3) is 2.62. The molecule has 1 aliphatic heterocycles. The van der Waals surface area contributed by atoms with Crippen molar-refractivity contribution in [2.24, 2.45) is 5.92 Å². The van der Waals surface area contributed by atoms with Crippen LogP contribution >= 0.6 is 15.9 Å². The van der Waals surface area contributed by atoms with Crippen LogP contribution in [0.3, 0.4) is 0 Å². The summed E-state index contributed by atoms with van der Waals surface area (Å²) in [6.45, 7) is 2.36. The minimum absolute atomic E-state index is 0.192. The molecule has 2 rings (SSSR count). The van der Waals surface area contributed by atoms with E-state index in [1.54, 1.807) is 0 Å². The summed E-state index contributed by atoms with van der Waals surface area (Å²) in [6.07, 6.45) is 0.764. The van der Waals surface area contributed by atoms with Crippen LogP contribution in [-0.2, 0) is 11.3 Å². The quantitative estimate of drug-likeness (QED) is 0.926. The molecule has 1 aromatic rings. The van der Waals surface area contributed by atoms with Crippen LogP contribution < -0.4 is 0 Å². The van der Waals surface area contributed by atoms with Gasteiger partial charge in [0.05, 0.1) is 5.92 Å². The van der Waals surface area contributed by atoms with Crippen molar-refractivity contribution in [1.29, 1.82) is 0 Å². The van der Waals surface area contributed by atoms with Crippen molar-refractivity contribution in [1.82, 2.24) is 4.90 Å². The van der Waals surface area contributed by atoms with E-state index < -0.39 is 5.97 Å². The van der Waals surface area contributed by atoms with Crippen LogP contribution in [0.5, 0.6) is 0 Å². The molecule has 0 amide bonds. The number of halogens is 1. The van der Waals surface area contributed by atoms with Crippen LogP contribution in [0.2, 0.25) is 0 Å². The van der Waals surface area contributed by atoms with Crippen LogP contribution in [0.15, 0.2) is 28.7 Å². The zero-order chi connectivity index (χ0) is 11.5. The molecule has 4 heteroatoms. The van der Waals surface area contributed by atoms with Gasteiger partial charge in [0.15, 0.2) is 0 Å². The van der Waals surface area contributed by atoms with Crippen molar-refractivity contribution >= 4 is 21.9 Å². The van der Waals surface area contributed by atoms with Gasteiger partial charge < -0.3 is 5.11 Å². The van der Waals surface area contributed by atoms with E-state index in [0.717, 1.165) is 24.0 Å². The zero-order valence-corrected chi connectivity index (χ0v) is 10.5. The molecule has 16 heavy (non-hydrogen) atoms. The lowest BCUT2D eigenvalue weighted by Crippen LogP contribution is -2.22. The number of likely N-dealkylation sites (tertiary alicyclic amines) is 1. The zero-order valence-electron chi connectivity index (χ0n) is 8.90. The van der Waals surface area contributed by atoms with E-state index in [1.165, 1.54) is 5.56 Å². The second-order valence-electron chi connectivity index (χ2n) is 4.15. The van der Waals surface area contributed by atoms with E-state index in [0.29, 0.717) is 6.54 Å². The summed E-state index contributed by atoms with van der Waals surface area (Å²) >= 11 is 3.50. The Bertz CT molecular complexity index is 394. The summed E-state index contributed by atoms with van der Waals surface area (Å²) in [5.74, 6) is -0.864. The number of hydrogen-bond acceptors (Lipinski definition) is 2. The molecule has 0 aliphatic carbocycles. The third-order valence-electron chi connectivity index (χ3n) is 2.97. The highest BCUT2D eigenvalue weighted by Crippen LogP contribution is 2.22. The number of carboxylic acids is 1. The molecule has 0 saturated carbocycles. The summed E-state index contributed by atoms with van der Waals surface area (Å²) < 4.78 is 1.09. The van der Waals surface area contributed by atoms with Crippen molar-refractivity contribution < 1.29 is 9.90 Å². The standard InChI is InChI=1S/C12H14BrNO2/c13-11-4-2-1-3-9(11)7-14-6-5-10(8-14)12(15)16/h1-4,10H,5-8H2,(H,15,16)/t10-/m1/s1. The van der Waals surface area contributed by atoms with Gasteiger partial charge in [-0.25, -0.2) is 0 Å². The van der Waals surface area contributed by atoms with Gasteiger partial charge in [-0.05, 0) is 24.6 Å². The number of benzene rings is 1. The van der Waals surface area contributed by atoms with E-state index >= 15 is 0 Å². The van der Waals surface area contributed by atoms with Crippen molar-refractivity contribution in [3.05, 3.63) is 34.3 Å². The van der Waals surface area contributed by atoms with Crippen LogP contribution in [0, 0.1) is 5.92 Å². The summed E-state index contributed by atoms with van der Waals surface area (Å²) in [4.78, 5) is 13.0. The first-order valence-electron chi connectivity index (χ1n) is 5.35. The highest BCUT2D eigenvalue weighted by molar-refractivity contribution is 9.10. The Hall–Kier alpha value is -0.870. The Labute approximate surface area is 103 Å². The van der Waals surface area contributed by atoms with Gasteiger partial charge in [-0.2, -0.15) is 0 Å². The Morgan fingerprint density at radius 2 is 2.25 bits per heavy atom. The fraction of sp³-hybridized carbons (Fsp3) is 0.417. The van der Waals surface area contributed by atoms with Gasteiger partial charge in [0.2, 0.25) is 0 Å². The maximum Gasteiger partial charge on any atom is 0.307 e. The Kier molecular flexibility index (Phi) is 3.61. The van der Waals surface area contributed by atoms with Crippen molar-refractivity contribution in [2.75, 3.05) is 13.1 Å². The van der Waals surface area contributed by atoms with Gasteiger partial charge in [0.1, 0.15) is 0 Å². The predicted octanol–water partition coefficient (Wildman–Crippen LogP) is 2.36. The van der Waals surface area contributed by atoms with Crippen molar-refractivity contribution in [3.63, 3.8) is 0 Å². The molecule has 1 saturated heterocycles. The largest absolute Gasteiger partial charge is 0.481 e. The Balaban J connectivity index is 1.97. The fourth-order valence-corrected chi connectivity index (χ4v) is 2.46. The average Bonchev–Trinajstić information content (AvgIpc) is 2.70. The van der Waals surface area contributed by atoms with Crippen LogP contribution in [0.25, 0.3) is 0 Å². The van der Waals surface area contributed by atoms with Crippen molar-refractivity contribution in [3.8, 4) is 0 Å². The number of rotatable bonds is 3. The van der Waals surface area contributed by atoms with Gasteiger partial charge in [-0.1, -0.05) is 34.1 Å². The minimum atomic E-state index is -0.672. The first-order valence-corrected chi connectivity index (χ1v) is 6.14. The Morgan fingerprint density at radius 1 is 1.50 bits per heavy atom. The van der Waals surface area contributed by atoms with Crippen LogP contribution in [0.1, 0.15) is 12.0 Å². The lowest BCUT2D eigenvalue weighted by atomic mass is 10.1. The lowest BCUT2D eigenvalue weighted by molar-refractivity contribution is -0.141. The number of carbonyl (C=O) groups is 1. The molecule has 0 bridgehead atoms. The topological polar surface area (TPSA) is 40.5 Å². The second-order valence-corrected chi connectivity index (χ2v) is 5.00. The molecule has 0 unspecified atom stereocenters. The van der Waals surface area contributed by atoms with E-state index in [2.05, 4.69) is 26.9 Å². The molecule has 0 radical (unpaired) electrons. The number of carboxylic acid groups (broad SMARTS) is 1. The van der Waals surface area contributed by atoms with Gasteiger partial charge in [0, 0.05) is 17.6 Å². The van der Waals surface area contributed by atoms with Gasteiger partial charge in [-0.3, -0.25) is 9.69 Å². The number of nitrogens with zero attached hydrogens (tertiary/aromatic N) is 1. The maximum absolute atomic E-state index is 10.8. The smallest absolute Gasteiger partial charge is 0.307 e. The van der Waals surface area contributed by atoms with Gasteiger partial charge >= 0.3 is 5.97 Å². The molecular weight excluding hydrogens is 270 g/mol. The molecule has 86 valence electrons. The fourth-order valence-electron chi connectivity index (χ4n) is 2.05. The molecule has 1 fully saturated rings. The first-order chi connectivity index (χ1) is 7.66. The first kappa shape index (κ1) is 11.6. The molecule has 0 aromatic heterocycles. The van der Waals surface area contributed by atoms with Crippen molar-refractivity contribution in [2.45, 2.75) is 13.0 Å². The molecule has 1 N–H and O–H groups in total. The molecular formula is C12H14BrNO2. The molecule has 1 aliphatic rings. The summed E-state index contributed by atoms with van der Waals surface area (Å²) in [6, 6.07) is 8.07. The average molecular weight is 284 g/mol. The Morgan fingerprint density at radius 3 is 2.88 bits per heavy atom. The summed E-state index contributed by atoms with van der Waals surface area (Å²) in [7, 11) is 0. The predicted molar refractivity (Wildman–Crippen MR) is 65.2 cm³/mol. The van der Waals surface area contributed by atoms with E-state index in [1.807, 2.05) is 18.2 Å². The van der Waals surface area contributed by atoms with Gasteiger partial charge in [0.25, 0.3) is 0 Å². The van der Waals surface area contributed by atoms with E-state index in [9.17, 15) is 4.79 Å². The van der Waals surface area contributed by atoms with E-state index in [-0.39, 0.29) is 5.92 Å². The monoisotopic (exact) mass is 283 g/mol. The minimum Gasteiger partial charge on any atom is -0.481 e. The summed E-state index contributed by atoms with van der Waals surface area (Å²) in [5.41, 5.74) is 1.22. The van der Waals surface area contributed by atoms with Crippen LogP contribution in [-0.4, -0.2) is 29.1 Å². The lowest BCUT2D eigenvalue weighted by Gasteiger charge is -2.16. The summed E-state index contributed by atoms with van der Waals surface area (Å²) in [5, 5.41) is 8.92. The molecule has 0 spiro atoms. The number of hydrogen-bond donors (Lipinski definition) is 1. The third-order valence-corrected chi connectivity index (χ3v) is 3.75. The normalized spacial score (nSPS) is 21.2. The highest BCUT2D eigenvalue weighted by Gasteiger charge is 2.27.